The molecule has 0 saturated heterocycles. The second kappa shape index (κ2) is 7.06. The number of aromatic nitrogens is 2. The molecular weight excluding hydrogens is 420 g/mol. The zero-order chi connectivity index (χ0) is 22.8. The summed E-state index contributed by atoms with van der Waals surface area (Å²) < 4.78 is 6.46. The summed E-state index contributed by atoms with van der Waals surface area (Å²) in [6.07, 6.45) is -0.0493. The van der Waals surface area contributed by atoms with Gasteiger partial charge in [0, 0.05) is 16.5 Å². The van der Waals surface area contributed by atoms with Gasteiger partial charge in [-0.1, -0.05) is 60.7 Å². The smallest absolute Gasteiger partial charge is 0.179 e. The number of fused-ring (bicyclic) bond motifs is 5. The number of anilines is 4. The predicted octanol–water partition coefficient (Wildman–Crippen LogP) is 7.47. The molecule has 0 saturated carbocycles. The van der Waals surface area contributed by atoms with Gasteiger partial charge in [0.25, 0.3) is 0 Å². The second-order valence-corrected chi connectivity index (χ2v) is 8.77. The molecule has 0 spiro atoms. The molecule has 3 heterocycles. The highest BCUT2D eigenvalue weighted by atomic mass is 16.3. The van der Waals surface area contributed by atoms with Gasteiger partial charge < -0.3 is 9.32 Å². The van der Waals surface area contributed by atoms with E-state index in [1.807, 2.05) is 42.5 Å². The minimum absolute atomic E-state index is 0.0493. The van der Waals surface area contributed by atoms with Crippen LogP contribution in [0.4, 0.5) is 23.0 Å². The van der Waals surface area contributed by atoms with Gasteiger partial charge in [-0.05, 0) is 49.7 Å². The molecule has 0 fully saturated rings. The van der Waals surface area contributed by atoms with Crippen molar-refractivity contribution in [2.45, 2.75) is 20.0 Å². The fraction of sp³-hybridized carbons (Fsp3) is 0.103. The lowest BCUT2D eigenvalue weighted by atomic mass is 10.1. The van der Waals surface area contributed by atoms with Crippen molar-refractivity contribution in [1.29, 1.82) is 0 Å². The van der Waals surface area contributed by atoms with Gasteiger partial charge in [-0.15, -0.1) is 0 Å². The summed E-state index contributed by atoms with van der Waals surface area (Å²) in [5.41, 5.74) is 6.78. The highest BCUT2D eigenvalue weighted by Gasteiger charge is 2.39. The molecule has 1 unspecified atom stereocenters. The van der Waals surface area contributed by atoms with Crippen LogP contribution in [0.1, 0.15) is 12.5 Å². The van der Waals surface area contributed by atoms with Gasteiger partial charge in [-0.3, -0.25) is 4.90 Å². The Morgan fingerprint density at radius 1 is 0.676 bits per heavy atom. The molecule has 5 heteroatoms. The highest BCUT2D eigenvalue weighted by molar-refractivity contribution is 6.10. The molecule has 0 aliphatic carbocycles. The average Bonchev–Trinajstić information content (AvgIpc) is 3.37. The summed E-state index contributed by atoms with van der Waals surface area (Å²) in [5.74, 6) is 1.69. The van der Waals surface area contributed by atoms with E-state index in [0.29, 0.717) is 0 Å². The van der Waals surface area contributed by atoms with E-state index in [0.717, 1.165) is 61.5 Å². The van der Waals surface area contributed by atoms with Crippen LogP contribution >= 0.6 is 0 Å². The first-order valence-electron chi connectivity index (χ1n) is 11.5. The van der Waals surface area contributed by atoms with Crippen molar-refractivity contribution in [3.8, 4) is 0 Å². The van der Waals surface area contributed by atoms with E-state index in [-0.39, 0.29) is 6.17 Å². The molecule has 1 aliphatic rings. The Kier molecular flexibility index (Phi) is 3.97. The summed E-state index contributed by atoms with van der Waals surface area (Å²) in [6.45, 7) is 4.33. The number of nitrogens with zero attached hydrogens (tertiary/aromatic N) is 4. The van der Waals surface area contributed by atoms with Gasteiger partial charge in [-0.25, -0.2) is 9.97 Å². The number of furan rings is 1. The van der Waals surface area contributed by atoms with E-state index >= 15 is 0 Å². The monoisotopic (exact) mass is 442 g/mol. The molecule has 5 nitrogen and oxygen atoms in total. The number of benzene rings is 4. The van der Waals surface area contributed by atoms with Gasteiger partial charge in [0.15, 0.2) is 17.2 Å². The van der Waals surface area contributed by atoms with Crippen LogP contribution in [0.5, 0.6) is 0 Å². The van der Waals surface area contributed by atoms with Gasteiger partial charge in [0.05, 0.1) is 16.7 Å². The molecule has 1 atom stereocenters. The maximum absolute atomic E-state index is 6.46. The molecule has 0 bridgehead atoms. The first-order chi connectivity index (χ1) is 16.7. The molecule has 1 aliphatic heterocycles. The van der Waals surface area contributed by atoms with Crippen molar-refractivity contribution in [3.05, 3.63) is 96.6 Å². The maximum atomic E-state index is 6.46. The van der Waals surface area contributed by atoms with Crippen LogP contribution in [0.25, 0.3) is 33.0 Å². The molecule has 164 valence electrons. The first kappa shape index (κ1) is 19.1. The minimum Gasteiger partial charge on any atom is -0.454 e. The lowest BCUT2D eigenvalue weighted by Gasteiger charge is -2.30. The molecule has 0 amide bonds. The zero-order valence-electron chi connectivity index (χ0n) is 18.9. The molecule has 34 heavy (non-hydrogen) atoms. The van der Waals surface area contributed by atoms with Crippen molar-refractivity contribution < 1.29 is 4.42 Å². The molecule has 2 aromatic heterocycles. The Bertz CT molecular complexity index is 1710. The van der Waals surface area contributed by atoms with Crippen LogP contribution in [0.15, 0.2) is 95.4 Å². The van der Waals surface area contributed by atoms with E-state index in [9.17, 15) is 0 Å². The Balaban J connectivity index is 1.55. The zero-order valence-corrected chi connectivity index (χ0v) is 18.9. The minimum atomic E-state index is -0.0493. The Labute approximate surface area is 196 Å². The van der Waals surface area contributed by atoms with E-state index in [1.165, 1.54) is 0 Å². The average molecular weight is 443 g/mol. The molecule has 0 N–H and O–H groups in total. The van der Waals surface area contributed by atoms with Crippen LogP contribution in [-0.2, 0) is 0 Å². The standard InChI is InChI=1S/C29H22N4O/c1-18-16-17-22-21-12-6-9-15-25(21)34-27(22)26(18)33-19(2)32(20-10-4-3-5-11-20)28-29(33)31-24-14-8-7-13-23(24)30-28/h3-17,19H,1-2H3. The van der Waals surface area contributed by atoms with E-state index in [1.54, 1.807) is 0 Å². The molecular formula is C29H22N4O. The third-order valence-electron chi connectivity index (χ3n) is 6.74. The number of aryl methyl sites for hydroxylation is 1. The Morgan fingerprint density at radius 3 is 2.09 bits per heavy atom. The van der Waals surface area contributed by atoms with Crippen LogP contribution in [0.2, 0.25) is 0 Å². The second-order valence-electron chi connectivity index (χ2n) is 8.77. The lowest BCUT2D eigenvalue weighted by molar-refractivity contribution is 0.662. The maximum Gasteiger partial charge on any atom is 0.179 e. The molecule has 6 aromatic rings. The van der Waals surface area contributed by atoms with E-state index < -0.39 is 0 Å². The Hall–Kier alpha value is -4.38. The summed E-state index contributed by atoms with van der Waals surface area (Å²) in [6, 6.07) is 31.0. The van der Waals surface area contributed by atoms with Crippen LogP contribution in [0, 0.1) is 6.92 Å². The number of hydrogen-bond acceptors (Lipinski definition) is 5. The van der Waals surface area contributed by atoms with Gasteiger partial charge in [0.2, 0.25) is 0 Å². The summed E-state index contributed by atoms with van der Waals surface area (Å²) in [7, 11) is 0. The summed E-state index contributed by atoms with van der Waals surface area (Å²) >= 11 is 0. The predicted molar refractivity (Wildman–Crippen MR) is 138 cm³/mol. The lowest BCUT2D eigenvalue weighted by Crippen LogP contribution is -2.36. The third-order valence-corrected chi connectivity index (χ3v) is 6.74. The van der Waals surface area contributed by atoms with Crippen LogP contribution < -0.4 is 9.80 Å². The SMILES string of the molecule is Cc1ccc2c(oc3ccccc32)c1N1c2nc3ccccc3nc2N(c2ccccc2)C1C. The fourth-order valence-corrected chi connectivity index (χ4v) is 5.17. The van der Waals surface area contributed by atoms with E-state index in [2.05, 4.69) is 72.2 Å². The quantitative estimate of drug-likeness (QED) is 0.278. The third kappa shape index (κ3) is 2.61. The number of hydrogen-bond donors (Lipinski definition) is 0. The van der Waals surface area contributed by atoms with Crippen molar-refractivity contribution in [1.82, 2.24) is 9.97 Å². The van der Waals surface area contributed by atoms with Gasteiger partial charge in [0.1, 0.15) is 11.7 Å². The van der Waals surface area contributed by atoms with Crippen LogP contribution in [-0.4, -0.2) is 16.1 Å². The fourth-order valence-electron chi connectivity index (χ4n) is 5.17. The molecule has 4 aromatic carbocycles. The van der Waals surface area contributed by atoms with Crippen molar-refractivity contribution >= 4 is 56.0 Å². The first-order valence-corrected chi connectivity index (χ1v) is 11.5. The van der Waals surface area contributed by atoms with Gasteiger partial charge >= 0.3 is 0 Å². The number of rotatable bonds is 2. The van der Waals surface area contributed by atoms with Gasteiger partial charge in [-0.2, -0.15) is 0 Å². The van der Waals surface area contributed by atoms with Crippen molar-refractivity contribution in [2.24, 2.45) is 0 Å². The largest absolute Gasteiger partial charge is 0.454 e. The molecule has 7 rings (SSSR count). The van der Waals surface area contributed by atoms with Crippen molar-refractivity contribution in [2.75, 3.05) is 9.80 Å². The van der Waals surface area contributed by atoms with E-state index in [4.69, 9.17) is 14.4 Å². The highest BCUT2D eigenvalue weighted by Crippen LogP contribution is 2.49. The van der Waals surface area contributed by atoms with Crippen LogP contribution in [0.3, 0.4) is 0 Å². The molecule has 0 radical (unpaired) electrons. The summed E-state index contributed by atoms with van der Waals surface area (Å²) in [5, 5.41) is 2.23. The number of para-hydroxylation sites is 4. The van der Waals surface area contributed by atoms with Crippen molar-refractivity contribution in [3.63, 3.8) is 0 Å². The normalized spacial score (nSPS) is 15.5. The Morgan fingerprint density at radius 2 is 1.32 bits per heavy atom. The summed E-state index contributed by atoms with van der Waals surface area (Å²) in [4.78, 5) is 14.7. The topological polar surface area (TPSA) is 45.4 Å².